The van der Waals surface area contributed by atoms with Crippen LogP contribution < -0.4 is 5.32 Å². The first-order valence-electron chi connectivity index (χ1n) is 6.37. The fourth-order valence-corrected chi connectivity index (χ4v) is 2.98. The molecule has 2 nitrogen and oxygen atoms in total. The molecule has 2 heteroatoms. The van der Waals surface area contributed by atoms with E-state index in [4.69, 9.17) is 0 Å². The zero-order valence-corrected chi connectivity index (χ0v) is 9.47. The molecule has 0 saturated carbocycles. The SMILES string of the molecule is CCC1CCCN1CCC1CCCN1. The molecule has 0 spiro atoms. The molecule has 0 bridgehead atoms. The normalized spacial score (nSPS) is 34.1. The number of likely N-dealkylation sites (tertiary alicyclic amines) is 1. The number of rotatable bonds is 4. The van der Waals surface area contributed by atoms with E-state index in [1.165, 1.54) is 58.2 Å². The maximum Gasteiger partial charge on any atom is 0.00931 e. The van der Waals surface area contributed by atoms with E-state index in [2.05, 4.69) is 17.1 Å². The minimum atomic E-state index is 0.827. The Labute approximate surface area is 88.1 Å². The van der Waals surface area contributed by atoms with Crippen LogP contribution >= 0.6 is 0 Å². The minimum Gasteiger partial charge on any atom is -0.314 e. The van der Waals surface area contributed by atoms with Gasteiger partial charge in [0.15, 0.2) is 0 Å². The van der Waals surface area contributed by atoms with Crippen LogP contribution in [0.1, 0.15) is 45.4 Å². The summed E-state index contributed by atoms with van der Waals surface area (Å²) in [4.78, 5) is 2.71. The molecule has 2 unspecified atom stereocenters. The number of nitrogens with zero attached hydrogens (tertiary/aromatic N) is 1. The molecular formula is C12H24N2. The van der Waals surface area contributed by atoms with E-state index in [0.717, 1.165) is 12.1 Å². The van der Waals surface area contributed by atoms with Crippen LogP contribution in [0.3, 0.4) is 0 Å². The second-order valence-electron chi connectivity index (χ2n) is 4.82. The Bertz CT molecular complexity index is 164. The maximum atomic E-state index is 3.59. The van der Waals surface area contributed by atoms with Crippen LogP contribution in [0, 0.1) is 0 Å². The van der Waals surface area contributed by atoms with Crippen molar-refractivity contribution in [3.63, 3.8) is 0 Å². The quantitative estimate of drug-likeness (QED) is 0.740. The summed E-state index contributed by atoms with van der Waals surface area (Å²) in [6.45, 7) is 6.26. The average Bonchev–Trinajstić information content (AvgIpc) is 2.85. The molecule has 2 rings (SSSR count). The number of hydrogen-bond donors (Lipinski definition) is 1. The molecule has 2 aliphatic rings. The second-order valence-corrected chi connectivity index (χ2v) is 4.82. The largest absolute Gasteiger partial charge is 0.314 e. The summed E-state index contributed by atoms with van der Waals surface area (Å²) in [6.07, 6.45) is 8.38. The van der Waals surface area contributed by atoms with Gasteiger partial charge in [-0.05, 0) is 58.2 Å². The van der Waals surface area contributed by atoms with Crippen molar-refractivity contribution in [2.75, 3.05) is 19.6 Å². The summed E-state index contributed by atoms with van der Waals surface area (Å²) in [5.41, 5.74) is 0. The van der Waals surface area contributed by atoms with Gasteiger partial charge in [0.2, 0.25) is 0 Å². The Morgan fingerprint density at radius 1 is 1.29 bits per heavy atom. The van der Waals surface area contributed by atoms with Crippen LogP contribution in [0.15, 0.2) is 0 Å². The van der Waals surface area contributed by atoms with Crippen molar-refractivity contribution >= 4 is 0 Å². The average molecular weight is 196 g/mol. The zero-order valence-electron chi connectivity index (χ0n) is 9.47. The highest BCUT2D eigenvalue weighted by Crippen LogP contribution is 2.20. The van der Waals surface area contributed by atoms with E-state index in [0.29, 0.717) is 0 Å². The van der Waals surface area contributed by atoms with Crippen molar-refractivity contribution in [3.8, 4) is 0 Å². The first-order valence-corrected chi connectivity index (χ1v) is 6.37. The molecule has 0 aromatic heterocycles. The summed E-state index contributed by atoms with van der Waals surface area (Å²) in [6, 6.07) is 1.73. The summed E-state index contributed by atoms with van der Waals surface area (Å²) < 4.78 is 0. The van der Waals surface area contributed by atoms with Gasteiger partial charge in [0, 0.05) is 12.1 Å². The summed E-state index contributed by atoms with van der Waals surface area (Å²) >= 11 is 0. The molecule has 1 N–H and O–H groups in total. The van der Waals surface area contributed by atoms with E-state index in [1.54, 1.807) is 0 Å². The van der Waals surface area contributed by atoms with E-state index >= 15 is 0 Å². The summed E-state index contributed by atoms with van der Waals surface area (Å²) in [5, 5.41) is 3.59. The molecule has 2 atom stereocenters. The topological polar surface area (TPSA) is 15.3 Å². The smallest absolute Gasteiger partial charge is 0.00931 e. The van der Waals surface area contributed by atoms with E-state index in [9.17, 15) is 0 Å². The van der Waals surface area contributed by atoms with Crippen LogP contribution in [-0.2, 0) is 0 Å². The fraction of sp³-hybridized carbons (Fsp3) is 1.00. The first kappa shape index (κ1) is 10.4. The first-order chi connectivity index (χ1) is 6.90. The highest BCUT2D eigenvalue weighted by Gasteiger charge is 2.23. The van der Waals surface area contributed by atoms with Crippen LogP contribution in [0.25, 0.3) is 0 Å². The fourth-order valence-electron chi connectivity index (χ4n) is 2.98. The van der Waals surface area contributed by atoms with Crippen molar-refractivity contribution in [2.24, 2.45) is 0 Å². The van der Waals surface area contributed by atoms with Gasteiger partial charge in [0.1, 0.15) is 0 Å². The van der Waals surface area contributed by atoms with Gasteiger partial charge < -0.3 is 10.2 Å². The lowest BCUT2D eigenvalue weighted by atomic mass is 10.1. The zero-order chi connectivity index (χ0) is 9.80. The van der Waals surface area contributed by atoms with Gasteiger partial charge in [-0.1, -0.05) is 6.92 Å². The van der Waals surface area contributed by atoms with Gasteiger partial charge in [-0.2, -0.15) is 0 Å². The minimum absolute atomic E-state index is 0.827. The van der Waals surface area contributed by atoms with Crippen molar-refractivity contribution in [3.05, 3.63) is 0 Å². The number of hydrogen-bond acceptors (Lipinski definition) is 2. The van der Waals surface area contributed by atoms with Crippen molar-refractivity contribution in [1.82, 2.24) is 10.2 Å². The van der Waals surface area contributed by atoms with Gasteiger partial charge in [0.05, 0.1) is 0 Å². The van der Waals surface area contributed by atoms with Crippen LogP contribution in [0.2, 0.25) is 0 Å². The molecular weight excluding hydrogens is 172 g/mol. The molecule has 0 aliphatic carbocycles. The Morgan fingerprint density at radius 2 is 2.21 bits per heavy atom. The predicted molar refractivity (Wildman–Crippen MR) is 60.5 cm³/mol. The third-order valence-corrected chi connectivity index (χ3v) is 3.90. The maximum absolute atomic E-state index is 3.59. The third kappa shape index (κ3) is 2.48. The van der Waals surface area contributed by atoms with E-state index in [-0.39, 0.29) is 0 Å². The van der Waals surface area contributed by atoms with Gasteiger partial charge in [0.25, 0.3) is 0 Å². The Balaban J connectivity index is 1.68. The summed E-state index contributed by atoms with van der Waals surface area (Å²) in [5.74, 6) is 0. The van der Waals surface area contributed by atoms with Gasteiger partial charge >= 0.3 is 0 Å². The molecule has 14 heavy (non-hydrogen) atoms. The Hall–Kier alpha value is -0.0800. The highest BCUT2D eigenvalue weighted by atomic mass is 15.2. The van der Waals surface area contributed by atoms with Crippen LogP contribution in [0.4, 0.5) is 0 Å². The van der Waals surface area contributed by atoms with Crippen molar-refractivity contribution in [1.29, 1.82) is 0 Å². The molecule has 0 radical (unpaired) electrons. The standard InChI is InChI=1S/C12H24N2/c1-2-12-6-4-9-14(12)10-7-11-5-3-8-13-11/h11-13H,2-10H2,1H3. The second kappa shape index (κ2) is 5.13. The van der Waals surface area contributed by atoms with Crippen LogP contribution in [0.5, 0.6) is 0 Å². The lowest BCUT2D eigenvalue weighted by Crippen LogP contribution is -2.33. The van der Waals surface area contributed by atoms with Gasteiger partial charge in [-0.3, -0.25) is 0 Å². The number of nitrogens with one attached hydrogen (secondary N) is 1. The van der Waals surface area contributed by atoms with Gasteiger partial charge in [-0.25, -0.2) is 0 Å². The highest BCUT2D eigenvalue weighted by molar-refractivity contribution is 4.81. The van der Waals surface area contributed by atoms with Gasteiger partial charge in [-0.15, -0.1) is 0 Å². The molecule has 2 heterocycles. The third-order valence-electron chi connectivity index (χ3n) is 3.90. The molecule has 2 saturated heterocycles. The Morgan fingerprint density at radius 3 is 2.93 bits per heavy atom. The van der Waals surface area contributed by atoms with E-state index in [1.807, 2.05) is 0 Å². The molecule has 0 aromatic rings. The summed E-state index contributed by atoms with van der Waals surface area (Å²) in [7, 11) is 0. The molecule has 2 aliphatic heterocycles. The van der Waals surface area contributed by atoms with Crippen molar-refractivity contribution in [2.45, 2.75) is 57.5 Å². The van der Waals surface area contributed by atoms with E-state index < -0.39 is 0 Å². The lowest BCUT2D eigenvalue weighted by Gasteiger charge is -2.24. The molecule has 0 aromatic carbocycles. The Kier molecular flexibility index (Phi) is 3.82. The van der Waals surface area contributed by atoms with Crippen molar-refractivity contribution < 1.29 is 0 Å². The van der Waals surface area contributed by atoms with Crippen LogP contribution in [-0.4, -0.2) is 36.6 Å². The molecule has 0 amide bonds. The molecule has 2 fully saturated rings. The molecule has 82 valence electrons. The predicted octanol–water partition coefficient (Wildman–Crippen LogP) is 2.00. The lowest BCUT2D eigenvalue weighted by molar-refractivity contribution is 0.236. The monoisotopic (exact) mass is 196 g/mol.